The van der Waals surface area contributed by atoms with Gasteiger partial charge in [0.05, 0.1) is 32.1 Å². The van der Waals surface area contributed by atoms with Crippen LogP contribution in [0.2, 0.25) is 5.02 Å². The van der Waals surface area contributed by atoms with Crippen LogP contribution in [0.3, 0.4) is 0 Å². The molecule has 0 N–H and O–H groups in total. The zero-order valence-electron chi connectivity index (χ0n) is 14.4. The number of hydrogen-bond acceptors (Lipinski definition) is 8. The van der Waals surface area contributed by atoms with Crippen molar-refractivity contribution in [3.05, 3.63) is 10.7 Å². The lowest BCUT2D eigenvalue weighted by molar-refractivity contribution is 0.251. The van der Waals surface area contributed by atoms with Gasteiger partial charge in [-0.3, -0.25) is 0 Å². The van der Waals surface area contributed by atoms with Crippen molar-refractivity contribution in [2.45, 2.75) is 40.7 Å². The molecule has 0 aliphatic carbocycles. The number of nitrogens with zero attached hydrogens (tertiary/aromatic N) is 2. The lowest BCUT2D eigenvalue weighted by Gasteiger charge is -2.21. The fraction of sp³-hybridized carbons (Fsp3) is 0.714. The Balaban J connectivity index is 2.96. The standard InChI is InChI=1S/C14H24ClN2O4PS2/c1-5-9-24-22(23,20-8-4)21-10-11-12(15)13(18-6-2)17-14(16-11)19-7-3/h5-10H2,1-4H3/t22-/m0/s1. The zero-order chi connectivity index (χ0) is 18.0. The van der Waals surface area contributed by atoms with Crippen molar-refractivity contribution in [2.75, 3.05) is 25.6 Å². The second-order valence-corrected chi connectivity index (χ2v) is 11.2. The van der Waals surface area contributed by atoms with Crippen LogP contribution >= 0.6 is 28.7 Å². The molecular weight excluding hydrogens is 391 g/mol. The molecule has 1 rings (SSSR count). The largest absolute Gasteiger partial charge is 0.477 e. The Labute approximate surface area is 157 Å². The summed E-state index contributed by atoms with van der Waals surface area (Å²) in [7, 11) is 0. The monoisotopic (exact) mass is 414 g/mol. The number of hydrogen-bond donors (Lipinski definition) is 0. The van der Waals surface area contributed by atoms with E-state index in [1.54, 1.807) is 0 Å². The average molecular weight is 415 g/mol. The summed E-state index contributed by atoms with van der Waals surface area (Å²) >= 11 is 13.4. The van der Waals surface area contributed by atoms with Gasteiger partial charge in [0.2, 0.25) is 11.6 Å². The summed E-state index contributed by atoms with van der Waals surface area (Å²) in [5, 5.41) is 0.304. The van der Waals surface area contributed by atoms with Crippen molar-refractivity contribution in [3.8, 4) is 11.9 Å². The van der Waals surface area contributed by atoms with E-state index in [9.17, 15) is 0 Å². The van der Waals surface area contributed by atoms with E-state index < -0.39 is 5.69 Å². The maximum atomic E-state index is 6.32. The van der Waals surface area contributed by atoms with Crippen molar-refractivity contribution < 1.29 is 18.5 Å². The van der Waals surface area contributed by atoms with Crippen LogP contribution < -0.4 is 9.47 Å². The second kappa shape index (κ2) is 11.5. The van der Waals surface area contributed by atoms with Crippen molar-refractivity contribution in [3.63, 3.8) is 0 Å². The van der Waals surface area contributed by atoms with Crippen molar-refractivity contribution >= 4 is 40.5 Å². The van der Waals surface area contributed by atoms with Crippen molar-refractivity contribution in [1.82, 2.24) is 9.97 Å². The predicted molar refractivity (Wildman–Crippen MR) is 103 cm³/mol. The molecule has 1 atom stereocenters. The van der Waals surface area contributed by atoms with Gasteiger partial charge in [-0.15, -0.1) is 0 Å². The topological polar surface area (TPSA) is 62.7 Å². The Morgan fingerprint density at radius 1 is 1.04 bits per heavy atom. The minimum Gasteiger partial charge on any atom is -0.477 e. The normalized spacial score (nSPS) is 13.5. The molecule has 0 saturated carbocycles. The third-order valence-corrected chi connectivity index (χ3v) is 8.54. The van der Waals surface area contributed by atoms with Crippen LogP contribution in [0.25, 0.3) is 0 Å². The fourth-order valence-corrected chi connectivity index (χ4v) is 6.29. The third-order valence-electron chi connectivity index (χ3n) is 2.52. The summed E-state index contributed by atoms with van der Waals surface area (Å²) in [5.74, 6) is 1.16. The van der Waals surface area contributed by atoms with Crippen LogP contribution in [-0.4, -0.2) is 35.5 Å². The Morgan fingerprint density at radius 2 is 1.75 bits per heavy atom. The Hall–Kier alpha value is -0.110. The van der Waals surface area contributed by atoms with Crippen LogP contribution in [0, 0.1) is 0 Å². The highest BCUT2D eigenvalue weighted by atomic mass is 35.5. The Morgan fingerprint density at radius 3 is 2.33 bits per heavy atom. The molecule has 0 bridgehead atoms. The molecule has 24 heavy (non-hydrogen) atoms. The molecule has 10 heteroatoms. The molecule has 1 aromatic heterocycles. The highest BCUT2D eigenvalue weighted by molar-refractivity contribution is 8.67. The Bertz CT molecular complexity index is 566. The van der Waals surface area contributed by atoms with Gasteiger partial charge in [-0.1, -0.05) is 29.9 Å². The highest BCUT2D eigenvalue weighted by Gasteiger charge is 2.22. The predicted octanol–water partition coefficient (Wildman–Crippen LogP) is 4.85. The van der Waals surface area contributed by atoms with Gasteiger partial charge in [0.15, 0.2) is 0 Å². The number of aromatic nitrogens is 2. The summed E-state index contributed by atoms with van der Waals surface area (Å²) in [4.78, 5) is 8.43. The molecule has 0 amide bonds. The molecule has 0 radical (unpaired) electrons. The van der Waals surface area contributed by atoms with E-state index in [4.69, 9.17) is 41.9 Å². The number of ether oxygens (including phenoxy) is 2. The van der Waals surface area contributed by atoms with Gasteiger partial charge in [0.1, 0.15) is 5.02 Å². The van der Waals surface area contributed by atoms with E-state index in [-0.39, 0.29) is 18.5 Å². The van der Waals surface area contributed by atoms with Gasteiger partial charge in [0, 0.05) is 5.75 Å². The first-order valence-corrected chi connectivity index (χ1v) is 12.5. The second-order valence-electron chi connectivity index (χ2n) is 4.41. The van der Waals surface area contributed by atoms with Gasteiger partial charge < -0.3 is 18.5 Å². The molecule has 6 nitrogen and oxygen atoms in total. The molecule has 0 aliphatic heterocycles. The van der Waals surface area contributed by atoms with E-state index in [2.05, 4.69) is 16.9 Å². The van der Waals surface area contributed by atoms with Gasteiger partial charge in [-0.25, -0.2) is 0 Å². The Kier molecular flexibility index (Phi) is 10.5. The van der Waals surface area contributed by atoms with E-state index in [0.29, 0.717) is 30.5 Å². The van der Waals surface area contributed by atoms with Crippen LogP contribution in [0.15, 0.2) is 0 Å². The average Bonchev–Trinajstić information content (AvgIpc) is 2.55. The highest BCUT2D eigenvalue weighted by Crippen LogP contribution is 2.61. The van der Waals surface area contributed by atoms with Gasteiger partial charge in [-0.05, 0) is 39.0 Å². The fourth-order valence-electron chi connectivity index (χ4n) is 1.58. The minimum atomic E-state index is -2.43. The first-order chi connectivity index (χ1) is 11.5. The zero-order valence-corrected chi connectivity index (χ0v) is 17.7. The van der Waals surface area contributed by atoms with Crippen molar-refractivity contribution in [1.29, 1.82) is 0 Å². The molecule has 0 aromatic carbocycles. The molecule has 0 fully saturated rings. The lowest BCUT2D eigenvalue weighted by atomic mass is 10.4. The van der Waals surface area contributed by atoms with E-state index in [1.165, 1.54) is 11.4 Å². The molecule has 1 heterocycles. The summed E-state index contributed by atoms with van der Waals surface area (Å²) in [6.07, 6.45) is 0.997. The molecule has 0 saturated heterocycles. The van der Waals surface area contributed by atoms with Gasteiger partial charge in [0.25, 0.3) is 0 Å². The van der Waals surface area contributed by atoms with E-state index in [0.717, 1.165) is 12.2 Å². The summed E-state index contributed by atoms with van der Waals surface area (Å²) in [6, 6.07) is 0.204. The summed E-state index contributed by atoms with van der Waals surface area (Å²) in [6.45, 7) is 9.19. The molecular formula is C14H24ClN2O4PS2. The van der Waals surface area contributed by atoms with E-state index >= 15 is 0 Å². The summed E-state index contributed by atoms with van der Waals surface area (Å²) < 4.78 is 22.4. The van der Waals surface area contributed by atoms with Gasteiger partial charge in [-0.2, -0.15) is 9.97 Å². The third kappa shape index (κ3) is 7.02. The summed E-state index contributed by atoms with van der Waals surface area (Å²) in [5.41, 5.74) is -1.96. The van der Waals surface area contributed by atoms with Crippen LogP contribution in [0.5, 0.6) is 11.9 Å². The molecule has 0 aliphatic rings. The SMILES string of the molecule is CCCS[P@@](=S)(OCC)OCc1nc(OCC)nc(OCC)c1Cl. The van der Waals surface area contributed by atoms with Crippen LogP contribution in [0.1, 0.15) is 39.8 Å². The maximum absolute atomic E-state index is 6.32. The maximum Gasteiger partial charge on any atom is 0.320 e. The smallest absolute Gasteiger partial charge is 0.320 e. The molecule has 138 valence electrons. The minimum absolute atomic E-state index is 0.121. The quantitative estimate of drug-likeness (QED) is 0.450. The molecule has 0 spiro atoms. The molecule has 1 aromatic rings. The first-order valence-electron chi connectivity index (χ1n) is 7.85. The van der Waals surface area contributed by atoms with E-state index in [1.807, 2.05) is 20.8 Å². The first kappa shape index (κ1) is 21.9. The lowest BCUT2D eigenvalue weighted by Crippen LogP contribution is -2.06. The van der Waals surface area contributed by atoms with Gasteiger partial charge >= 0.3 is 6.01 Å². The van der Waals surface area contributed by atoms with Crippen LogP contribution in [0.4, 0.5) is 0 Å². The number of halogens is 1. The number of rotatable bonds is 12. The molecule has 0 unspecified atom stereocenters. The van der Waals surface area contributed by atoms with Crippen LogP contribution in [-0.2, 0) is 27.5 Å². The van der Waals surface area contributed by atoms with Crippen molar-refractivity contribution in [2.24, 2.45) is 0 Å².